The molecule has 0 radical (unpaired) electrons. The Morgan fingerprint density at radius 1 is 1.30 bits per heavy atom. The van der Waals surface area contributed by atoms with Crippen LogP contribution in [0.5, 0.6) is 0 Å². The van der Waals surface area contributed by atoms with Gasteiger partial charge in [0.15, 0.2) is 0 Å². The third kappa shape index (κ3) is 2.99. The van der Waals surface area contributed by atoms with E-state index in [4.69, 9.17) is 0 Å². The van der Waals surface area contributed by atoms with Crippen LogP contribution in [0.1, 0.15) is 15.9 Å². The van der Waals surface area contributed by atoms with Crippen LogP contribution in [0.3, 0.4) is 0 Å². The molecule has 0 aliphatic rings. The molecule has 0 saturated heterocycles. The van der Waals surface area contributed by atoms with Gasteiger partial charge in [-0.05, 0) is 36.8 Å². The molecular weight excluding hydrogens is 318 g/mol. The van der Waals surface area contributed by atoms with Crippen LogP contribution in [0.15, 0.2) is 41.0 Å². The number of aryl methyl sites for hydroxylation is 1. The first-order chi connectivity index (χ1) is 9.52. The van der Waals surface area contributed by atoms with Crippen molar-refractivity contribution >= 4 is 33.3 Å². The molecule has 0 aliphatic carbocycles. The molecule has 4 nitrogen and oxygen atoms in total. The van der Waals surface area contributed by atoms with Crippen molar-refractivity contribution in [2.75, 3.05) is 24.3 Å². The summed E-state index contributed by atoms with van der Waals surface area (Å²) in [4.78, 5) is 18.4. The van der Waals surface area contributed by atoms with Crippen molar-refractivity contribution in [3.05, 3.63) is 52.1 Å². The Morgan fingerprint density at radius 3 is 2.65 bits per heavy atom. The van der Waals surface area contributed by atoms with Crippen LogP contribution in [0.2, 0.25) is 0 Å². The quantitative estimate of drug-likeness (QED) is 0.935. The Bertz CT molecular complexity index is 626. The summed E-state index contributed by atoms with van der Waals surface area (Å²) in [5, 5.41) is 2.95. The number of halogens is 1. The van der Waals surface area contributed by atoms with E-state index in [-0.39, 0.29) is 5.91 Å². The second-order valence-electron chi connectivity index (χ2n) is 4.48. The van der Waals surface area contributed by atoms with Gasteiger partial charge >= 0.3 is 0 Å². The molecule has 0 bridgehead atoms. The lowest BCUT2D eigenvalue weighted by molar-refractivity contribution is 0.0992. The predicted molar refractivity (Wildman–Crippen MR) is 85.4 cm³/mol. The molecule has 0 fully saturated rings. The minimum absolute atomic E-state index is 0.0530. The van der Waals surface area contributed by atoms with Gasteiger partial charge in [-0.3, -0.25) is 4.79 Å². The third-order valence-electron chi connectivity index (χ3n) is 3.13. The number of benzene rings is 1. The van der Waals surface area contributed by atoms with Crippen molar-refractivity contribution in [3.63, 3.8) is 0 Å². The minimum atomic E-state index is -0.0530. The fourth-order valence-corrected chi connectivity index (χ4v) is 2.22. The molecule has 0 aliphatic heterocycles. The highest BCUT2D eigenvalue weighted by molar-refractivity contribution is 9.10. The number of nitrogens with zero attached hydrogens (tertiary/aromatic N) is 2. The van der Waals surface area contributed by atoms with Gasteiger partial charge in [-0.1, -0.05) is 22.0 Å². The number of hydrogen-bond donors (Lipinski definition) is 1. The monoisotopic (exact) mass is 333 g/mol. The molecule has 0 atom stereocenters. The molecule has 1 N–H and O–H groups in total. The van der Waals surface area contributed by atoms with Gasteiger partial charge in [0, 0.05) is 24.1 Å². The molecule has 104 valence electrons. The first kappa shape index (κ1) is 14.5. The maximum Gasteiger partial charge on any atom is 0.258 e. The zero-order valence-corrected chi connectivity index (χ0v) is 13.2. The third-order valence-corrected chi connectivity index (χ3v) is 3.62. The van der Waals surface area contributed by atoms with Crippen LogP contribution < -0.4 is 10.2 Å². The summed E-state index contributed by atoms with van der Waals surface area (Å²) >= 11 is 3.40. The lowest BCUT2D eigenvalue weighted by Crippen LogP contribution is -2.27. The van der Waals surface area contributed by atoms with E-state index in [1.165, 1.54) is 0 Å². The van der Waals surface area contributed by atoms with E-state index in [2.05, 4.69) is 26.2 Å². The fourth-order valence-electron chi connectivity index (χ4n) is 1.85. The van der Waals surface area contributed by atoms with Gasteiger partial charge in [-0.25, -0.2) is 4.98 Å². The summed E-state index contributed by atoms with van der Waals surface area (Å²) in [5.41, 5.74) is 2.39. The van der Waals surface area contributed by atoms with Crippen molar-refractivity contribution in [2.24, 2.45) is 0 Å². The highest BCUT2D eigenvalue weighted by Crippen LogP contribution is 2.21. The van der Waals surface area contributed by atoms with Crippen LogP contribution in [0.25, 0.3) is 0 Å². The smallest absolute Gasteiger partial charge is 0.258 e. The molecule has 20 heavy (non-hydrogen) atoms. The summed E-state index contributed by atoms with van der Waals surface area (Å²) in [5.74, 6) is 0.719. The van der Waals surface area contributed by atoms with Gasteiger partial charge < -0.3 is 10.2 Å². The molecule has 1 aromatic heterocycles. The van der Waals surface area contributed by atoms with Crippen molar-refractivity contribution < 1.29 is 4.79 Å². The Morgan fingerprint density at radius 2 is 2.05 bits per heavy atom. The number of amides is 1. The Labute approximate surface area is 127 Å². The van der Waals surface area contributed by atoms with Crippen molar-refractivity contribution in [3.8, 4) is 0 Å². The molecule has 0 saturated carbocycles. The number of pyridine rings is 1. The topological polar surface area (TPSA) is 45.2 Å². The second-order valence-corrected chi connectivity index (χ2v) is 5.39. The maximum absolute atomic E-state index is 12.5. The predicted octanol–water partition coefficient (Wildman–Crippen LogP) is 3.47. The molecule has 5 heteroatoms. The van der Waals surface area contributed by atoms with Gasteiger partial charge in [0.1, 0.15) is 5.82 Å². The SMILES string of the molecule is CNc1ccc(N(C)C(=O)c2cc(Br)ccc2C)cn1. The van der Waals surface area contributed by atoms with Gasteiger partial charge in [0.2, 0.25) is 0 Å². The molecular formula is C15H16BrN3O. The van der Waals surface area contributed by atoms with E-state index < -0.39 is 0 Å². The van der Waals surface area contributed by atoms with E-state index in [1.54, 1.807) is 18.1 Å². The Balaban J connectivity index is 2.29. The standard InChI is InChI=1S/C15H16BrN3O/c1-10-4-5-11(16)8-13(10)15(20)19(3)12-6-7-14(17-2)18-9-12/h4-9H,1-3H3,(H,17,18). The first-order valence-electron chi connectivity index (χ1n) is 6.21. The van der Waals surface area contributed by atoms with Crippen LogP contribution in [-0.2, 0) is 0 Å². The number of carbonyl (C=O) groups is 1. The largest absolute Gasteiger partial charge is 0.373 e. The van der Waals surface area contributed by atoms with Crippen LogP contribution >= 0.6 is 15.9 Å². The number of carbonyl (C=O) groups excluding carboxylic acids is 1. The normalized spacial score (nSPS) is 10.2. The zero-order valence-electron chi connectivity index (χ0n) is 11.6. The average Bonchev–Trinajstić information content (AvgIpc) is 2.48. The maximum atomic E-state index is 12.5. The number of aromatic nitrogens is 1. The van der Waals surface area contributed by atoms with Gasteiger partial charge in [0.05, 0.1) is 11.9 Å². The van der Waals surface area contributed by atoms with Crippen LogP contribution in [-0.4, -0.2) is 25.0 Å². The first-order valence-corrected chi connectivity index (χ1v) is 7.00. The lowest BCUT2D eigenvalue weighted by atomic mass is 10.1. The van der Waals surface area contributed by atoms with Gasteiger partial charge in [-0.2, -0.15) is 0 Å². The van der Waals surface area contributed by atoms with E-state index in [0.29, 0.717) is 5.56 Å². The fraction of sp³-hybridized carbons (Fsp3) is 0.200. The number of nitrogens with one attached hydrogen (secondary N) is 1. The van der Waals surface area contributed by atoms with Crippen molar-refractivity contribution in [1.29, 1.82) is 0 Å². The second kappa shape index (κ2) is 6.05. The average molecular weight is 334 g/mol. The number of anilines is 2. The highest BCUT2D eigenvalue weighted by atomic mass is 79.9. The van der Waals surface area contributed by atoms with E-state index in [0.717, 1.165) is 21.5 Å². The molecule has 1 amide bonds. The summed E-state index contributed by atoms with van der Waals surface area (Å²) in [7, 11) is 3.56. The van der Waals surface area contributed by atoms with Crippen molar-refractivity contribution in [1.82, 2.24) is 4.98 Å². The molecule has 2 aromatic rings. The van der Waals surface area contributed by atoms with E-state index >= 15 is 0 Å². The van der Waals surface area contributed by atoms with Gasteiger partial charge in [-0.15, -0.1) is 0 Å². The van der Waals surface area contributed by atoms with Crippen LogP contribution in [0.4, 0.5) is 11.5 Å². The summed E-state index contributed by atoms with van der Waals surface area (Å²) in [6.07, 6.45) is 1.68. The minimum Gasteiger partial charge on any atom is -0.373 e. The molecule has 1 aromatic carbocycles. The molecule has 0 unspecified atom stereocenters. The van der Waals surface area contributed by atoms with Crippen molar-refractivity contribution in [2.45, 2.75) is 6.92 Å². The summed E-state index contributed by atoms with van der Waals surface area (Å²) in [6.45, 7) is 1.93. The Kier molecular flexibility index (Phi) is 4.39. The number of rotatable bonds is 3. The zero-order chi connectivity index (χ0) is 14.7. The summed E-state index contributed by atoms with van der Waals surface area (Å²) in [6, 6.07) is 9.39. The molecule has 0 spiro atoms. The van der Waals surface area contributed by atoms with E-state index in [9.17, 15) is 4.79 Å². The molecule has 2 rings (SSSR count). The van der Waals surface area contributed by atoms with E-state index in [1.807, 2.05) is 44.3 Å². The summed E-state index contributed by atoms with van der Waals surface area (Å²) < 4.78 is 0.892. The Hall–Kier alpha value is -1.88. The lowest BCUT2D eigenvalue weighted by Gasteiger charge is -2.18. The highest BCUT2D eigenvalue weighted by Gasteiger charge is 2.16. The van der Waals surface area contributed by atoms with Crippen LogP contribution in [0, 0.1) is 6.92 Å². The van der Waals surface area contributed by atoms with Gasteiger partial charge in [0.25, 0.3) is 5.91 Å². The molecule has 1 heterocycles. The number of hydrogen-bond acceptors (Lipinski definition) is 3.